The second kappa shape index (κ2) is 3.37. The fraction of sp³-hybridized carbons (Fsp3) is 0.800. The van der Waals surface area contributed by atoms with Gasteiger partial charge in [-0.25, -0.2) is 0 Å². The Morgan fingerprint density at radius 1 is 1.56 bits per heavy atom. The van der Waals surface area contributed by atoms with Crippen LogP contribution in [-0.4, -0.2) is 28.3 Å². The van der Waals surface area contributed by atoms with Crippen LogP contribution in [0.25, 0.3) is 0 Å². The van der Waals surface area contributed by atoms with Gasteiger partial charge in [-0.2, -0.15) is 11.8 Å². The Hall–Kier alpha value is 0.170. The maximum absolute atomic E-state index is 7.13. The van der Waals surface area contributed by atoms with Crippen LogP contribution in [0.2, 0.25) is 0 Å². The van der Waals surface area contributed by atoms with Crippen LogP contribution in [0.3, 0.4) is 0 Å². The average molecular weight is 162 g/mol. The molecule has 1 rings (SSSR count). The first-order valence-corrected chi connectivity index (χ1v) is 5.04. The zero-order valence-electron chi connectivity index (χ0n) is 5.09. The number of nitrogens with two attached hydrogens (primary N) is 1. The van der Waals surface area contributed by atoms with Gasteiger partial charge in [-0.15, -0.1) is 11.8 Å². The molecule has 1 aliphatic heterocycles. The van der Waals surface area contributed by atoms with Crippen molar-refractivity contribution >= 4 is 29.4 Å². The van der Waals surface area contributed by atoms with E-state index in [4.69, 9.17) is 11.1 Å². The summed E-state index contributed by atoms with van der Waals surface area (Å²) >= 11 is 3.69. The number of hydrogen-bond acceptors (Lipinski definition) is 3. The molecule has 52 valence electrons. The Balaban J connectivity index is 2.31. The summed E-state index contributed by atoms with van der Waals surface area (Å²) in [5.74, 6) is 3.73. The van der Waals surface area contributed by atoms with Crippen LogP contribution in [0.1, 0.15) is 0 Å². The summed E-state index contributed by atoms with van der Waals surface area (Å²) in [5, 5.41) is 7.43. The highest BCUT2D eigenvalue weighted by Crippen LogP contribution is 2.23. The quantitative estimate of drug-likeness (QED) is 0.442. The molecule has 4 heteroatoms. The van der Waals surface area contributed by atoms with Gasteiger partial charge in [0.1, 0.15) is 5.84 Å². The first kappa shape index (κ1) is 7.28. The van der Waals surface area contributed by atoms with Crippen molar-refractivity contribution in [3.8, 4) is 0 Å². The van der Waals surface area contributed by atoms with Gasteiger partial charge < -0.3 is 5.73 Å². The second-order valence-corrected chi connectivity index (χ2v) is 4.35. The van der Waals surface area contributed by atoms with Gasteiger partial charge in [0.2, 0.25) is 0 Å². The van der Waals surface area contributed by atoms with E-state index in [9.17, 15) is 0 Å². The van der Waals surface area contributed by atoms with Crippen LogP contribution < -0.4 is 5.73 Å². The van der Waals surface area contributed by atoms with Crippen molar-refractivity contribution in [2.24, 2.45) is 5.73 Å². The van der Waals surface area contributed by atoms with E-state index in [0.717, 1.165) is 11.5 Å². The summed E-state index contributed by atoms with van der Waals surface area (Å²) in [6.45, 7) is 0. The maximum atomic E-state index is 7.13. The van der Waals surface area contributed by atoms with E-state index in [1.54, 1.807) is 11.8 Å². The van der Waals surface area contributed by atoms with Crippen molar-refractivity contribution in [3.63, 3.8) is 0 Å². The molecule has 0 aliphatic carbocycles. The van der Waals surface area contributed by atoms with Crippen molar-refractivity contribution in [2.45, 2.75) is 5.25 Å². The summed E-state index contributed by atoms with van der Waals surface area (Å²) in [4.78, 5) is 0. The third-order valence-corrected chi connectivity index (χ3v) is 3.96. The number of rotatable bonds is 1. The Morgan fingerprint density at radius 3 is 2.67 bits per heavy atom. The van der Waals surface area contributed by atoms with Crippen LogP contribution in [0.15, 0.2) is 0 Å². The van der Waals surface area contributed by atoms with Gasteiger partial charge >= 0.3 is 0 Å². The number of hydrogen-bond donors (Lipinski definition) is 2. The second-order valence-electron chi connectivity index (χ2n) is 1.89. The Labute approximate surface area is 63.5 Å². The molecule has 0 spiro atoms. The van der Waals surface area contributed by atoms with E-state index in [2.05, 4.69) is 0 Å². The minimum absolute atomic E-state index is 0.295. The molecule has 0 bridgehead atoms. The monoisotopic (exact) mass is 162 g/mol. The first-order valence-electron chi connectivity index (χ1n) is 2.84. The van der Waals surface area contributed by atoms with E-state index in [1.807, 2.05) is 11.8 Å². The van der Waals surface area contributed by atoms with Gasteiger partial charge in [0, 0.05) is 17.3 Å². The van der Waals surface area contributed by atoms with Crippen molar-refractivity contribution < 1.29 is 0 Å². The van der Waals surface area contributed by atoms with Gasteiger partial charge in [0.05, 0.1) is 5.25 Å². The van der Waals surface area contributed by atoms with Crippen LogP contribution in [0.5, 0.6) is 0 Å². The predicted octanol–water partition coefficient (Wildman–Crippen LogP) is 0.771. The topological polar surface area (TPSA) is 49.9 Å². The van der Waals surface area contributed by atoms with Crippen LogP contribution >= 0.6 is 23.5 Å². The molecule has 0 radical (unpaired) electrons. The smallest absolute Gasteiger partial charge is 0.105 e. The SMILES string of the molecule is N=C(N)C1CSCCS1. The molecule has 0 aromatic carbocycles. The molecule has 1 atom stereocenters. The van der Waals surface area contributed by atoms with Crippen LogP contribution in [0, 0.1) is 5.41 Å². The normalized spacial score (nSPS) is 27.8. The van der Waals surface area contributed by atoms with Crippen molar-refractivity contribution in [1.82, 2.24) is 0 Å². The molecule has 1 saturated heterocycles. The van der Waals surface area contributed by atoms with Crippen LogP contribution in [0.4, 0.5) is 0 Å². The van der Waals surface area contributed by atoms with Gasteiger partial charge in [-0.3, -0.25) is 5.41 Å². The Morgan fingerprint density at radius 2 is 2.33 bits per heavy atom. The standard InChI is InChI=1S/C5H10N2S2/c6-5(7)4-3-8-1-2-9-4/h4H,1-3H2,(H3,6,7). The molecule has 1 fully saturated rings. The van der Waals surface area contributed by atoms with Gasteiger partial charge in [0.15, 0.2) is 0 Å². The predicted molar refractivity (Wildman–Crippen MR) is 45.5 cm³/mol. The lowest BCUT2D eigenvalue weighted by Crippen LogP contribution is -2.29. The van der Waals surface area contributed by atoms with Crippen molar-refractivity contribution in [2.75, 3.05) is 17.3 Å². The number of amidine groups is 1. The minimum Gasteiger partial charge on any atom is -0.387 e. The molecule has 0 aromatic rings. The summed E-state index contributed by atoms with van der Waals surface area (Å²) < 4.78 is 0. The number of thioether (sulfide) groups is 2. The molecule has 9 heavy (non-hydrogen) atoms. The zero-order valence-corrected chi connectivity index (χ0v) is 6.73. The molecule has 0 saturated carbocycles. The maximum Gasteiger partial charge on any atom is 0.105 e. The summed E-state index contributed by atoms with van der Waals surface area (Å²) in [7, 11) is 0. The first-order chi connectivity index (χ1) is 4.30. The summed E-state index contributed by atoms with van der Waals surface area (Å²) in [6, 6.07) is 0. The highest BCUT2D eigenvalue weighted by Gasteiger charge is 2.15. The molecule has 1 aliphatic rings. The van der Waals surface area contributed by atoms with Gasteiger partial charge in [-0.05, 0) is 0 Å². The zero-order chi connectivity index (χ0) is 6.69. The van der Waals surface area contributed by atoms with Gasteiger partial charge in [-0.1, -0.05) is 0 Å². The Kier molecular flexibility index (Phi) is 2.72. The molecular weight excluding hydrogens is 152 g/mol. The minimum atomic E-state index is 0.295. The molecule has 0 amide bonds. The molecule has 1 unspecified atom stereocenters. The lowest BCUT2D eigenvalue weighted by atomic mass is 10.4. The Bertz CT molecular complexity index is 110. The molecule has 2 nitrogen and oxygen atoms in total. The molecule has 0 aromatic heterocycles. The number of nitrogens with one attached hydrogen (secondary N) is 1. The molecular formula is C5H10N2S2. The van der Waals surface area contributed by atoms with E-state index in [1.165, 1.54) is 5.75 Å². The van der Waals surface area contributed by atoms with Gasteiger partial charge in [0.25, 0.3) is 0 Å². The summed E-state index contributed by atoms with van der Waals surface area (Å²) in [6.07, 6.45) is 0. The fourth-order valence-electron chi connectivity index (χ4n) is 0.667. The lowest BCUT2D eigenvalue weighted by molar-refractivity contribution is 1.22. The largest absolute Gasteiger partial charge is 0.387 e. The molecule has 1 heterocycles. The summed E-state index contributed by atoms with van der Waals surface area (Å²) in [5.41, 5.74) is 5.32. The van der Waals surface area contributed by atoms with Crippen LogP contribution in [-0.2, 0) is 0 Å². The van der Waals surface area contributed by atoms with E-state index < -0.39 is 0 Å². The van der Waals surface area contributed by atoms with Crippen molar-refractivity contribution in [1.29, 1.82) is 5.41 Å². The third kappa shape index (κ3) is 2.10. The van der Waals surface area contributed by atoms with Crippen molar-refractivity contribution in [3.05, 3.63) is 0 Å². The van der Waals surface area contributed by atoms with E-state index in [-0.39, 0.29) is 0 Å². The highest BCUT2D eigenvalue weighted by atomic mass is 32.2. The molecule has 3 N–H and O–H groups in total. The van der Waals surface area contributed by atoms with E-state index >= 15 is 0 Å². The fourth-order valence-corrected chi connectivity index (χ4v) is 3.22. The lowest BCUT2D eigenvalue weighted by Gasteiger charge is -2.18. The third-order valence-electron chi connectivity index (χ3n) is 1.16. The van der Waals surface area contributed by atoms with E-state index in [0.29, 0.717) is 11.1 Å². The average Bonchev–Trinajstić information content (AvgIpc) is 1.90. The highest BCUT2D eigenvalue weighted by molar-refractivity contribution is 8.07.